The van der Waals surface area contributed by atoms with Crippen molar-refractivity contribution in [2.45, 2.75) is 6.54 Å². The predicted molar refractivity (Wildman–Crippen MR) is 106 cm³/mol. The molecule has 0 fully saturated rings. The summed E-state index contributed by atoms with van der Waals surface area (Å²) in [5.41, 5.74) is 2.43. The molecule has 0 aliphatic rings. The Hall–Kier alpha value is -2.93. The Morgan fingerprint density at radius 3 is 2.69 bits per heavy atom. The molecule has 2 heterocycles. The van der Waals surface area contributed by atoms with E-state index in [2.05, 4.69) is 53.9 Å². The number of hydrogen-bond acceptors (Lipinski definition) is 4. The van der Waals surface area contributed by atoms with E-state index in [0.717, 1.165) is 16.0 Å². The number of nitrogens with one attached hydrogen (secondary N) is 3. The van der Waals surface area contributed by atoms with Crippen LogP contribution in [0.4, 0.5) is 5.82 Å². The molecule has 3 rings (SSSR count). The van der Waals surface area contributed by atoms with E-state index in [1.807, 2.05) is 42.5 Å². The quantitative estimate of drug-likeness (QED) is 0.554. The van der Waals surface area contributed by atoms with Crippen LogP contribution < -0.4 is 10.6 Å². The maximum atomic E-state index is 11.9. The van der Waals surface area contributed by atoms with E-state index in [1.54, 1.807) is 12.3 Å². The van der Waals surface area contributed by atoms with Crippen LogP contribution in [0.25, 0.3) is 6.08 Å². The molecule has 0 saturated heterocycles. The molecule has 1 amide bonds. The Labute approximate surface area is 159 Å². The summed E-state index contributed by atoms with van der Waals surface area (Å²) in [7, 11) is 0. The zero-order valence-corrected chi connectivity index (χ0v) is 15.5. The minimum absolute atomic E-state index is 0.160. The van der Waals surface area contributed by atoms with Gasteiger partial charge >= 0.3 is 0 Å². The molecule has 0 radical (unpaired) electrons. The van der Waals surface area contributed by atoms with Crippen molar-refractivity contribution in [3.8, 4) is 0 Å². The van der Waals surface area contributed by atoms with Crippen molar-refractivity contribution in [1.29, 1.82) is 0 Å². The summed E-state index contributed by atoms with van der Waals surface area (Å²) in [5.74, 6) is 0.559. The molecular formula is C19H18BrN5O. The second-order valence-corrected chi connectivity index (χ2v) is 6.44. The molecule has 0 spiro atoms. The third-order valence-corrected chi connectivity index (χ3v) is 4.02. The van der Waals surface area contributed by atoms with Crippen LogP contribution in [0.15, 0.2) is 65.3 Å². The van der Waals surface area contributed by atoms with Gasteiger partial charge < -0.3 is 15.6 Å². The molecule has 3 aromatic rings. The summed E-state index contributed by atoms with van der Waals surface area (Å²) in [4.78, 5) is 14.8. The fourth-order valence-corrected chi connectivity index (χ4v) is 2.58. The Morgan fingerprint density at radius 2 is 2.00 bits per heavy atom. The number of carbonyl (C=O) groups excluding carboxylic acids is 1. The van der Waals surface area contributed by atoms with Gasteiger partial charge in [-0.2, -0.15) is 0 Å². The molecular weight excluding hydrogens is 394 g/mol. The van der Waals surface area contributed by atoms with E-state index in [9.17, 15) is 4.79 Å². The second-order valence-electron chi connectivity index (χ2n) is 5.53. The maximum absolute atomic E-state index is 11.9. The number of H-pyrrole nitrogens is 1. The lowest BCUT2D eigenvalue weighted by Crippen LogP contribution is -2.23. The van der Waals surface area contributed by atoms with Crippen LogP contribution in [0.5, 0.6) is 0 Å². The first-order valence-electron chi connectivity index (χ1n) is 8.11. The van der Waals surface area contributed by atoms with Crippen molar-refractivity contribution in [2.24, 2.45) is 0 Å². The third-order valence-electron chi connectivity index (χ3n) is 3.56. The highest BCUT2D eigenvalue weighted by atomic mass is 79.9. The summed E-state index contributed by atoms with van der Waals surface area (Å²) < 4.78 is 0.842. The number of carbonyl (C=O) groups is 1. The zero-order valence-electron chi connectivity index (χ0n) is 13.9. The second kappa shape index (κ2) is 8.96. The largest absolute Gasteiger partial charge is 0.365 e. The van der Waals surface area contributed by atoms with Gasteiger partial charge in [-0.05, 0) is 45.8 Å². The van der Waals surface area contributed by atoms with Gasteiger partial charge in [0.15, 0.2) is 0 Å². The Morgan fingerprint density at radius 1 is 1.15 bits per heavy atom. The highest BCUT2D eigenvalue weighted by Gasteiger charge is 2.05. The number of halogens is 1. The highest BCUT2D eigenvalue weighted by molar-refractivity contribution is 9.10. The van der Waals surface area contributed by atoms with E-state index in [-0.39, 0.29) is 5.91 Å². The molecule has 1 aromatic carbocycles. The number of aromatic nitrogens is 3. The van der Waals surface area contributed by atoms with Gasteiger partial charge in [-0.1, -0.05) is 36.4 Å². The van der Waals surface area contributed by atoms with Crippen LogP contribution in [0.2, 0.25) is 0 Å². The first kappa shape index (κ1) is 17.9. The van der Waals surface area contributed by atoms with Crippen LogP contribution in [0.1, 0.15) is 21.7 Å². The number of hydrogen-bond donors (Lipinski definition) is 3. The monoisotopic (exact) mass is 411 g/mol. The summed E-state index contributed by atoms with van der Waals surface area (Å²) in [5, 5.41) is 14.3. The van der Waals surface area contributed by atoms with E-state index in [1.165, 1.54) is 5.56 Å². The normalized spacial score (nSPS) is 10.8. The Bertz CT molecular complexity index is 874. The summed E-state index contributed by atoms with van der Waals surface area (Å²) in [6.07, 6.45) is 5.36. The smallest absolute Gasteiger partial charge is 0.267 e. The average molecular weight is 412 g/mol. The van der Waals surface area contributed by atoms with Gasteiger partial charge in [-0.3, -0.25) is 4.79 Å². The minimum atomic E-state index is -0.160. The molecule has 3 N–H and O–H groups in total. The SMILES string of the molecule is O=C(NC/C=C/c1ccc(NCc2ccccc2)nn1)c1cc(Br)c[nH]1. The van der Waals surface area contributed by atoms with Crippen molar-refractivity contribution in [1.82, 2.24) is 20.5 Å². The van der Waals surface area contributed by atoms with Crippen LogP contribution in [-0.4, -0.2) is 27.6 Å². The molecule has 0 atom stereocenters. The lowest BCUT2D eigenvalue weighted by molar-refractivity contribution is 0.0953. The van der Waals surface area contributed by atoms with Crippen molar-refractivity contribution in [2.75, 3.05) is 11.9 Å². The molecule has 26 heavy (non-hydrogen) atoms. The summed E-state index contributed by atoms with van der Waals surface area (Å²) in [6.45, 7) is 1.11. The number of nitrogens with zero attached hydrogens (tertiary/aromatic N) is 2. The molecule has 2 aromatic heterocycles. The lowest BCUT2D eigenvalue weighted by atomic mass is 10.2. The molecule has 7 heteroatoms. The van der Waals surface area contributed by atoms with Crippen LogP contribution in [0.3, 0.4) is 0 Å². The standard InChI is InChI=1S/C19H18BrN5O/c20-15-11-17(22-13-15)19(26)21-10-4-7-16-8-9-18(25-24-16)23-12-14-5-2-1-3-6-14/h1-9,11,13,22H,10,12H2,(H,21,26)(H,23,25)/b7-4+. The minimum Gasteiger partial charge on any atom is -0.365 e. The molecule has 0 unspecified atom stereocenters. The molecule has 0 saturated carbocycles. The van der Waals surface area contributed by atoms with E-state index in [0.29, 0.717) is 18.8 Å². The number of aromatic amines is 1. The van der Waals surface area contributed by atoms with Gasteiger partial charge in [-0.15, -0.1) is 10.2 Å². The first-order chi connectivity index (χ1) is 12.7. The lowest BCUT2D eigenvalue weighted by Gasteiger charge is -2.04. The van der Waals surface area contributed by atoms with Crippen molar-refractivity contribution in [3.05, 3.63) is 82.2 Å². The van der Waals surface area contributed by atoms with Crippen LogP contribution in [0, 0.1) is 0 Å². The van der Waals surface area contributed by atoms with Gasteiger partial charge in [0, 0.05) is 23.8 Å². The Kier molecular flexibility index (Phi) is 6.16. The van der Waals surface area contributed by atoms with Gasteiger partial charge in [0.2, 0.25) is 0 Å². The average Bonchev–Trinajstić information content (AvgIpc) is 3.12. The number of amides is 1. The molecule has 0 bridgehead atoms. The van der Waals surface area contributed by atoms with Gasteiger partial charge in [0.25, 0.3) is 5.91 Å². The van der Waals surface area contributed by atoms with Crippen molar-refractivity contribution in [3.63, 3.8) is 0 Å². The van der Waals surface area contributed by atoms with Gasteiger partial charge in [0.1, 0.15) is 11.5 Å². The summed E-state index contributed by atoms with van der Waals surface area (Å²) in [6, 6.07) is 15.6. The molecule has 132 valence electrons. The molecule has 0 aliphatic carbocycles. The van der Waals surface area contributed by atoms with E-state index < -0.39 is 0 Å². The fourth-order valence-electron chi connectivity index (χ4n) is 2.24. The van der Waals surface area contributed by atoms with Crippen LogP contribution >= 0.6 is 15.9 Å². The van der Waals surface area contributed by atoms with Gasteiger partial charge in [0.05, 0.1) is 5.69 Å². The zero-order chi connectivity index (χ0) is 18.2. The third kappa shape index (κ3) is 5.29. The topological polar surface area (TPSA) is 82.7 Å². The van der Waals surface area contributed by atoms with E-state index >= 15 is 0 Å². The summed E-state index contributed by atoms with van der Waals surface area (Å²) >= 11 is 3.30. The van der Waals surface area contributed by atoms with Crippen molar-refractivity contribution >= 4 is 33.7 Å². The first-order valence-corrected chi connectivity index (χ1v) is 8.90. The van der Waals surface area contributed by atoms with Crippen molar-refractivity contribution < 1.29 is 4.79 Å². The van der Waals surface area contributed by atoms with Gasteiger partial charge in [-0.25, -0.2) is 0 Å². The van der Waals surface area contributed by atoms with Crippen LogP contribution in [-0.2, 0) is 6.54 Å². The maximum Gasteiger partial charge on any atom is 0.267 e. The predicted octanol–water partition coefficient (Wildman–Crippen LogP) is 3.62. The molecule has 0 aliphatic heterocycles. The van der Waals surface area contributed by atoms with E-state index in [4.69, 9.17) is 0 Å². The number of anilines is 1. The number of benzene rings is 1. The Balaban J connectivity index is 1.44. The number of rotatable bonds is 7. The molecule has 6 nitrogen and oxygen atoms in total. The fraction of sp³-hybridized carbons (Fsp3) is 0.105. The highest BCUT2D eigenvalue weighted by Crippen LogP contribution is 2.10.